The third-order valence-corrected chi connectivity index (χ3v) is 2.86. The SMILES string of the molecule is COC(=O)c1ccc(-c2ccccc2)[n+]([O-])c1Cl. The maximum absolute atomic E-state index is 12.0. The van der Waals surface area contributed by atoms with Crippen LogP contribution in [-0.4, -0.2) is 13.1 Å². The standard InChI is InChI=1S/C13H10ClNO3/c1-18-13(16)10-7-8-11(15(17)12(10)14)9-5-3-2-4-6-9/h2-8H,1H3. The molecule has 5 heteroatoms. The summed E-state index contributed by atoms with van der Waals surface area (Å²) in [6, 6.07) is 12.1. The molecule has 0 saturated carbocycles. The molecule has 1 aromatic heterocycles. The summed E-state index contributed by atoms with van der Waals surface area (Å²) in [7, 11) is 1.24. The molecule has 0 spiro atoms. The van der Waals surface area contributed by atoms with Gasteiger partial charge in [-0.15, -0.1) is 0 Å². The molecule has 92 valence electrons. The third kappa shape index (κ3) is 2.15. The average Bonchev–Trinajstić information content (AvgIpc) is 2.42. The van der Waals surface area contributed by atoms with E-state index in [-0.39, 0.29) is 10.7 Å². The molecule has 4 nitrogen and oxygen atoms in total. The molecule has 0 aliphatic carbocycles. The summed E-state index contributed by atoms with van der Waals surface area (Å²) in [4.78, 5) is 11.4. The van der Waals surface area contributed by atoms with Crippen LogP contribution in [0.3, 0.4) is 0 Å². The van der Waals surface area contributed by atoms with Crippen LogP contribution in [0.5, 0.6) is 0 Å². The van der Waals surface area contributed by atoms with Crippen molar-refractivity contribution in [3.63, 3.8) is 0 Å². The number of carbonyl (C=O) groups excluding carboxylic acids is 1. The first-order chi connectivity index (χ1) is 8.65. The number of aromatic nitrogens is 1. The van der Waals surface area contributed by atoms with Gasteiger partial charge in [0.25, 0.3) is 0 Å². The molecule has 0 N–H and O–H groups in total. The Balaban J connectivity index is 2.54. The number of methoxy groups -OCH3 is 1. The molecule has 0 bridgehead atoms. The van der Waals surface area contributed by atoms with Gasteiger partial charge >= 0.3 is 11.1 Å². The van der Waals surface area contributed by atoms with E-state index >= 15 is 0 Å². The molecule has 0 saturated heterocycles. The van der Waals surface area contributed by atoms with Gasteiger partial charge in [0.15, 0.2) is 0 Å². The van der Waals surface area contributed by atoms with Gasteiger partial charge < -0.3 is 9.94 Å². The van der Waals surface area contributed by atoms with Crippen LogP contribution in [0.15, 0.2) is 42.5 Å². The fourth-order valence-corrected chi connectivity index (χ4v) is 1.83. The molecule has 0 aliphatic heterocycles. The van der Waals surface area contributed by atoms with Gasteiger partial charge in [0, 0.05) is 11.6 Å². The normalized spacial score (nSPS) is 10.1. The second kappa shape index (κ2) is 5.06. The summed E-state index contributed by atoms with van der Waals surface area (Å²) in [5, 5.41) is 11.8. The predicted octanol–water partition coefficient (Wildman–Crippen LogP) is 2.43. The molecule has 2 aromatic rings. The number of ether oxygens (including phenoxy) is 1. The van der Waals surface area contributed by atoms with E-state index in [0.29, 0.717) is 10.4 Å². The number of esters is 1. The number of carbonyl (C=O) groups is 1. The van der Waals surface area contributed by atoms with Crippen molar-refractivity contribution in [2.24, 2.45) is 0 Å². The van der Waals surface area contributed by atoms with Crippen molar-refractivity contribution in [1.82, 2.24) is 0 Å². The Bertz CT molecular complexity index is 584. The lowest BCUT2D eigenvalue weighted by molar-refractivity contribution is -0.591. The van der Waals surface area contributed by atoms with Gasteiger partial charge in [-0.05, 0) is 29.8 Å². The molecule has 1 heterocycles. The van der Waals surface area contributed by atoms with Crippen molar-refractivity contribution in [3.05, 3.63) is 58.4 Å². The third-order valence-electron chi connectivity index (χ3n) is 2.50. The molecule has 0 unspecified atom stereocenters. The fraction of sp³-hybridized carbons (Fsp3) is 0.0769. The largest absolute Gasteiger partial charge is 0.617 e. The summed E-state index contributed by atoms with van der Waals surface area (Å²) >= 11 is 5.87. The van der Waals surface area contributed by atoms with Crippen LogP contribution >= 0.6 is 11.6 Å². The summed E-state index contributed by atoms with van der Waals surface area (Å²) in [5.74, 6) is -0.635. The van der Waals surface area contributed by atoms with Crippen LogP contribution in [0.1, 0.15) is 10.4 Å². The van der Waals surface area contributed by atoms with Gasteiger partial charge in [-0.3, -0.25) is 0 Å². The Labute approximate surface area is 109 Å². The van der Waals surface area contributed by atoms with E-state index in [9.17, 15) is 10.0 Å². The molecule has 0 radical (unpaired) electrons. The monoisotopic (exact) mass is 263 g/mol. The number of hydrogen-bond acceptors (Lipinski definition) is 3. The first kappa shape index (κ1) is 12.4. The molecule has 0 aliphatic rings. The van der Waals surface area contributed by atoms with E-state index in [1.165, 1.54) is 13.2 Å². The number of halogens is 1. The zero-order valence-electron chi connectivity index (χ0n) is 9.59. The van der Waals surface area contributed by atoms with Crippen molar-refractivity contribution < 1.29 is 14.3 Å². The van der Waals surface area contributed by atoms with E-state index in [0.717, 1.165) is 5.56 Å². The number of hydrogen-bond donors (Lipinski definition) is 0. The molecular formula is C13H10ClNO3. The first-order valence-corrected chi connectivity index (χ1v) is 5.58. The maximum Gasteiger partial charge on any atom is 0.345 e. The van der Waals surface area contributed by atoms with Gasteiger partial charge in [-0.25, -0.2) is 4.79 Å². The Morgan fingerprint density at radius 2 is 1.89 bits per heavy atom. The lowest BCUT2D eigenvalue weighted by Gasteiger charge is -2.08. The van der Waals surface area contributed by atoms with Crippen molar-refractivity contribution in [1.29, 1.82) is 0 Å². The van der Waals surface area contributed by atoms with Gasteiger partial charge in [0.1, 0.15) is 5.56 Å². The molecular weight excluding hydrogens is 254 g/mol. The second-order valence-corrected chi connectivity index (χ2v) is 3.93. The number of nitrogens with zero attached hydrogens (tertiary/aromatic N) is 1. The second-order valence-electron chi connectivity index (χ2n) is 3.58. The lowest BCUT2D eigenvalue weighted by atomic mass is 10.1. The Kier molecular flexibility index (Phi) is 3.48. The van der Waals surface area contributed by atoms with E-state index in [1.54, 1.807) is 18.2 Å². The van der Waals surface area contributed by atoms with Gasteiger partial charge in [0.05, 0.1) is 7.11 Å². The highest BCUT2D eigenvalue weighted by Crippen LogP contribution is 2.20. The van der Waals surface area contributed by atoms with Crippen LogP contribution < -0.4 is 4.73 Å². The van der Waals surface area contributed by atoms with E-state index in [2.05, 4.69) is 4.74 Å². The zero-order chi connectivity index (χ0) is 13.1. The first-order valence-electron chi connectivity index (χ1n) is 5.21. The summed E-state index contributed by atoms with van der Waals surface area (Å²) in [6.45, 7) is 0. The lowest BCUT2D eigenvalue weighted by Crippen LogP contribution is -2.32. The minimum Gasteiger partial charge on any atom is -0.617 e. The number of benzene rings is 1. The summed E-state index contributed by atoms with van der Waals surface area (Å²) in [5.41, 5.74) is 1.16. The predicted molar refractivity (Wildman–Crippen MR) is 67.2 cm³/mol. The molecule has 0 atom stereocenters. The smallest absolute Gasteiger partial charge is 0.345 e. The van der Waals surface area contributed by atoms with Gasteiger partial charge in [0.2, 0.25) is 5.69 Å². The fourth-order valence-electron chi connectivity index (χ4n) is 1.60. The molecule has 1 aromatic carbocycles. The molecule has 0 fully saturated rings. The van der Waals surface area contributed by atoms with Crippen molar-refractivity contribution >= 4 is 17.6 Å². The van der Waals surface area contributed by atoms with Crippen molar-refractivity contribution in [3.8, 4) is 11.3 Å². The highest BCUT2D eigenvalue weighted by atomic mass is 35.5. The zero-order valence-corrected chi connectivity index (χ0v) is 10.3. The van der Waals surface area contributed by atoms with E-state index < -0.39 is 5.97 Å². The Hall–Kier alpha value is -2.07. The van der Waals surface area contributed by atoms with Crippen molar-refractivity contribution in [2.75, 3.05) is 7.11 Å². The van der Waals surface area contributed by atoms with Crippen LogP contribution in [0.25, 0.3) is 11.3 Å². The average molecular weight is 264 g/mol. The summed E-state index contributed by atoms with van der Waals surface area (Å²) in [6.07, 6.45) is 0. The molecule has 2 rings (SSSR count). The number of pyridine rings is 1. The van der Waals surface area contributed by atoms with Gasteiger partial charge in [-0.2, -0.15) is 4.73 Å². The summed E-state index contributed by atoms with van der Waals surface area (Å²) < 4.78 is 5.06. The highest BCUT2D eigenvalue weighted by Gasteiger charge is 2.21. The van der Waals surface area contributed by atoms with Crippen molar-refractivity contribution in [2.45, 2.75) is 0 Å². The Morgan fingerprint density at radius 3 is 2.50 bits per heavy atom. The Morgan fingerprint density at radius 1 is 1.22 bits per heavy atom. The van der Waals surface area contributed by atoms with Crippen LogP contribution in [0.2, 0.25) is 5.15 Å². The minimum atomic E-state index is -0.635. The van der Waals surface area contributed by atoms with E-state index in [1.807, 2.05) is 18.2 Å². The van der Waals surface area contributed by atoms with Crippen LogP contribution in [-0.2, 0) is 4.74 Å². The van der Waals surface area contributed by atoms with Crippen LogP contribution in [0, 0.1) is 5.21 Å². The highest BCUT2D eigenvalue weighted by molar-refractivity contribution is 6.31. The number of rotatable bonds is 2. The molecule has 0 amide bonds. The quantitative estimate of drug-likeness (QED) is 0.362. The van der Waals surface area contributed by atoms with Crippen LogP contribution in [0.4, 0.5) is 0 Å². The molecule has 18 heavy (non-hydrogen) atoms. The van der Waals surface area contributed by atoms with Gasteiger partial charge in [-0.1, -0.05) is 18.2 Å². The topological polar surface area (TPSA) is 53.2 Å². The van der Waals surface area contributed by atoms with E-state index in [4.69, 9.17) is 11.6 Å². The maximum atomic E-state index is 12.0. The minimum absolute atomic E-state index is 0.0499.